The number of anilines is 1. The molecule has 0 aliphatic heterocycles. The fraction of sp³-hybridized carbons (Fsp3) is 0.0833. The zero-order valence-electron chi connectivity index (χ0n) is 10.1. The molecular formula is C12H12FN4OS+. The number of amides is 1. The summed E-state index contributed by atoms with van der Waals surface area (Å²) in [7, 11) is 0. The lowest BCUT2D eigenvalue weighted by molar-refractivity contribution is -0.363. The number of carbonyl (C=O) groups is 1. The summed E-state index contributed by atoms with van der Waals surface area (Å²) >= 11 is 1.15. The number of hydrazone groups is 1. The van der Waals surface area contributed by atoms with Crippen molar-refractivity contribution in [1.29, 1.82) is 0 Å². The zero-order chi connectivity index (χ0) is 13.8. The zero-order valence-corrected chi connectivity index (χ0v) is 10.9. The predicted molar refractivity (Wildman–Crippen MR) is 71.5 cm³/mol. The van der Waals surface area contributed by atoms with Crippen molar-refractivity contribution in [2.45, 2.75) is 6.92 Å². The van der Waals surface area contributed by atoms with Gasteiger partial charge in [0.1, 0.15) is 16.4 Å². The Kier molecular flexibility index (Phi) is 3.86. The van der Waals surface area contributed by atoms with Crippen molar-refractivity contribution in [1.82, 2.24) is 5.43 Å². The molecule has 0 aliphatic carbocycles. The van der Waals surface area contributed by atoms with Crippen LogP contribution < -0.4 is 16.1 Å². The molecule has 19 heavy (non-hydrogen) atoms. The van der Waals surface area contributed by atoms with E-state index < -0.39 is 0 Å². The number of nitrogen functional groups attached to an aromatic ring is 1. The molecule has 1 aromatic carbocycles. The number of aryl methyl sites for hydroxylation is 1. The molecule has 1 amide bonds. The quantitative estimate of drug-likeness (QED) is 0.657. The molecule has 0 fully saturated rings. The number of hydrogen-bond acceptors (Lipinski definition) is 4. The molecule has 0 radical (unpaired) electrons. The van der Waals surface area contributed by atoms with Gasteiger partial charge in [-0.3, -0.25) is 10.5 Å². The van der Waals surface area contributed by atoms with Crippen LogP contribution in [0.4, 0.5) is 9.52 Å². The number of carbonyl (C=O) groups excluding carboxylic acids is 1. The average Bonchev–Trinajstić information content (AvgIpc) is 2.68. The summed E-state index contributed by atoms with van der Waals surface area (Å²) in [4.78, 5) is 15.1. The molecule has 2 aromatic rings. The SMILES string of the molecule is Cc1[nH+]c(N)sc1C(=O)NN=Cc1cccc(F)c1. The molecule has 0 saturated carbocycles. The molecule has 0 saturated heterocycles. The van der Waals surface area contributed by atoms with Crippen LogP contribution >= 0.6 is 11.3 Å². The van der Waals surface area contributed by atoms with E-state index in [1.54, 1.807) is 19.1 Å². The predicted octanol–water partition coefficient (Wildman–Crippen LogP) is 1.36. The van der Waals surface area contributed by atoms with Gasteiger partial charge in [0.15, 0.2) is 0 Å². The fourth-order valence-corrected chi connectivity index (χ4v) is 2.24. The number of nitrogens with two attached hydrogens (primary N) is 1. The summed E-state index contributed by atoms with van der Waals surface area (Å²) in [6.07, 6.45) is 1.37. The first-order chi connectivity index (χ1) is 9.06. The Labute approximate surface area is 113 Å². The van der Waals surface area contributed by atoms with E-state index in [0.29, 0.717) is 21.3 Å². The number of rotatable bonds is 3. The van der Waals surface area contributed by atoms with Crippen LogP contribution in [0.3, 0.4) is 0 Å². The average molecular weight is 279 g/mol. The number of halogens is 1. The van der Waals surface area contributed by atoms with Crippen molar-refractivity contribution in [2.75, 3.05) is 5.73 Å². The number of thiazole rings is 1. The van der Waals surface area contributed by atoms with E-state index in [1.165, 1.54) is 18.3 Å². The molecule has 98 valence electrons. The van der Waals surface area contributed by atoms with Crippen molar-refractivity contribution in [2.24, 2.45) is 5.10 Å². The second kappa shape index (κ2) is 5.57. The third kappa shape index (κ3) is 3.35. The Morgan fingerprint density at radius 3 is 3.00 bits per heavy atom. The highest BCUT2D eigenvalue weighted by Gasteiger charge is 2.16. The van der Waals surface area contributed by atoms with E-state index in [-0.39, 0.29) is 11.7 Å². The third-order valence-corrected chi connectivity index (χ3v) is 3.32. The number of H-pyrrole nitrogens is 1. The van der Waals surface area contributed by atoms with E-state index in [2.05, 4.69) is 15.5 Å². The maximum absolute atomic E-state index is 12.9. The van der Waals surface area contributed by atoms with Crippen LogP contribution in [-0.4, -0.2) is 12.1 Å². The van der Waals surface area contributed by atoms with Gasteiger partial charge in [0, 0.05) is 0 Å². The minimum atomic E-state index is -0.358. The second-order valence-corrected chi connectivity index (χ2v) is 4.85. The lowest BCUT2D eigenvalue weighted by Crippen LogP contribution is -2.19. The summed E-state index contributed by atoms with van der Waals surface area (Å²) in [5.74, 6) is -0.713. The maximum Gasteiger partial charge on any atom is 0.330 e. The standard InChI is InChI=1S/C12H11FN4OS/c1-7-10(19-12(14)16-7)11(18)17-15-6-8-3-2-4-9(13)5-8/h2-6H,1H3,(H2,14,16)(H,17,18)/p+1. The van der Waals surface area contributed by atoms with Crippen molar-refractivity contribution < 1.29 is 14.2 Å². The molecule has 0 unspecified atom stereocenters. The smallest absolute Gasteiger partial charge is 0.278 e. The lowest BCUT2D eigenvalue weighted by atomic mass is 10.2. The van der Waals surface area contributed by atoms with E-state index >= 15 is 0 Å². The number of benzene rings is 1. The molecule has 5 nitrogen and oxygen atoms in total. The van der Waals surface area contributed by atoms with Gasteiger partial charge in [-0.2, -0.15) is 5.10 Å². The van der Waals surface area contributed by atoms with Gasteiger partial charge in [-0.05, 0) is 36.0 Å². The Morgan fingerprint density at radius 2 is 2.37 bits per heavy atom. The summed E-state index contributed by atoms with van der Waals surface area (Å²) in [6.45, 7) is 1.75. The highest BCUT2D eigenvalue weighted by molar-refractivity contribution is 7.16. The van der Waals surface area contributed by atoms with Gasteiger partial charge in [0.25, 0.3) is 5.91 Å². The highest BCUT2D eigenvalue weighted by atomic mass is 32.1. The first-order valence-electron chi connectivity index (χ1n) is 5.43. The van der Waals surface area contributed by atoms with Crippen molar-refractivity contribution in [3.8, 4) is 0 Å². The summed E-state index contributed by atoms with van der Waals surface area (Å²) < 4.78 is 12.9. The van der Waals surface area contributed by atoms with Crippen LogP contribution in [0.5, 0.6) is 0 Å². The lowest BCUT2D eigenvalue weighted by Gasteiger charge is -1.96. The van der Waals surface area contributed by atoms with Crippen LogP contribution in [0.15, 0.2) is 29.4 Å². The second-order valence-electron chi connectivity index (χ2n) is 3.80. The monoisotopic (exact) mass is 279 g/mol. The molecule has 4 N–H and O–H groups in total. The van der Waals surface area contributed by atoms with Gasteiger partial charge in [-0.25, -0.2) is 14.8 Å². The molecule has 7 heteroatoms. The Bertz CT molecular complexity index is 638. The Balaban J connectivity index is 2.03. The van der Waals surface area contributed by atoms with E-state index in [9.17, 15) is 9.18 Å². The van der Waals surface area contributed by atoms with Gasteiger partial charge < -0.3 is 0 Å². The molecule has 0 atom stereocenters. The summed E-state index contributed by atoms with van der Waals surface area (Å²) in [5.41, 5.74) is 9.17. The van der Waals surface area contributed by atoms with E-state index in [4.69, 9.17) is 5.73 Å². The largest absolute Gasteiger partial charge is 0.330 e. The number of nitrogens with zero attached hydrogens (tertiary/aromatic N) is 1. The van der Waals surface area contributed by atoms with Crippen molar-refractivity contribution in [3.05, 3.63) is 46.2 Å². The number of hydrogen-bond donors (Lipinski definition) is 2. The molecule has 1 heterocycles. The highest BCUT2D eigenvalue weighted by Crippen LogP contribution is 2.14. The number of aromatic amines is 1. The first-order valence-corrected chi connectivity index (χ1v) is 6.25. The van der Waals surface area contributed by atoms with Gasteiger partial charge in [-0.1, -0.05) is 12.1 Å². The third-order valence-electron chi connectivity index (χ3n) is 2.30. The molecule has 0 aliphatic rings. The maximum atomic E-state index is 12.9. The molecular weight excluding hydrogens is 267 g/mol. The first kappa shape index (κ1) is 13.2. The van der Waals surface area contributed by atoms with Gasteiger partial charge in [0.2, 0.25) is 0 Å². The normalized spacial score (nSPS) is 10.8. The Hall–Kier alpha value is -2.28. The minimum absolute atomic E-state index is 0.355. The molecule has 0 spiro atoms. The van der Waals surface area contributed by atoms with E-state index in [1.807, 2.05) is 0 Å². The number of nitrogens with one attached hydrogen (secondary N) is 2. The number of aromatic nitrogens is 1. The summed E-state index contributed by atoms with van der Waals surface area (Å²) in [6, 6.07) is 5.90. The van der Waals surface area contributed by atoms with Crippen LogP contribution in [0.2, 0.25) is 0 Å². The van der Waals surface area contributed by atoms with Crippen LogP contribution in [-0.2, 0) is 0 Å². The fourth-order valence-electron chi connectivity index (χ4n) is 1.47. The van der Waals surface area contributed by atoms with Gasteiger partial charge in [0.05, 0.1) is 6.21 Å². The van der Waals surface area contributed by atoms with Crippen LogP contribution in [0.1, 0.15) is 20.9 Å². The molecule has 2 rings (SSSR count). The van der Waals surface area contributed by atoms with E-state index in [0.717, 1.165) is 11.3 Å². The molecule has 0 bridgehead atoms. The van der Waals surface area contributed by atoms with Crippen molar-refractivity contribution >= 4 is 28.6 Å². The van der Waals surface area contributed by atoms with Gasteiger partial charge in [-0.15, -0.1) is 0 Å². The van der Waals surface area contributed by atoms with Crippen LogP contribution in [0.25, 0.3) is 0 Å². The van der Waals surface area contributed by atoms with Crippen LogP contribution in [0, 0.1) is 12.7 Å². The van der Waals surface area contributed by atoms with Gasteiger partial charge >= 0.3 is 5.13 Å². The van der Waals surface area contributed by atoms with Crippen molar-refractivity contribution in [3.63, 3.8) is 0 Å². The summed E-state index contributed by atoms with van der Waals surface area (Å²) in [5, 5.41) is 4.23. The topological polar surface area (TPSA) is 81.6 Å². The minimum Gasteiger partial charge on any atom is -0.278 e. The molecule has 1 aromatic heterocycles. The Morgan fingerprint density at radius 1 is 1.58 bits per heavy atom.